The molecule has 1 aliphatic heterocycles. The van der Waals surface area contributed by atoms with Gasteiger partial charge < -0.3 is 5.32 Å². The molecule has 0 saturated heterocycles. The average Bonchev–Trinajstić information content (AvgIpc) is 2.29. The van der Waals surface area contributed by atoms with Crippen LogP contribution in [0.15, 0.2) is 24.1 Å². The van der Waals surface area contributed by atoms with Crippen molar-refractivity contribution in [1.29, 1.82) is 0 Å². The summed E-state index contributed by atoms with van der Waals surface area (Å²) in [5.74, 6) is -0.125. The Morgan fingerprint density at radius 2 is 2.14 bits per heavy atom. The molecule has 0 bridgehead atoms. The summed E-state index contributed by atoms with van der Waals surface area (Å²) in [6, 6.07) is 0. The lowest BCUT2D eigenvalue weighted by Crippen LogP contribution is -2.44. The molecule has 0 aromatic rings. The molecule has 1 rings (SSSR count). The van der Waals surface area contributed by atoms with Crippen LogP contribution in [-0.4, -0.2) is 12.1 Å². The molecule has 1 nitrogen and oxygen atoms in total. The Hall–Kier alpha value is -0.630. The zero-order valence-electron chi connectivity index (χ0n) is 9.15. The number of halogens is 1. The van der Waals surface area contributed by atoms with Gasteiger partial charge in [0, 0.05) is 12.1 Å². The van der Waals surface area contributed by atoms with Crippen LogP contribution in [0, 0.1) is 0 Å². The molecule has 2 heteroatoms. The van der Waals surface area contributed by atoms with Gasteiger partial charge in [-0.3, -0.25) is 0 Å². The highest BCUT2D eigenvalue weighted by Gasteiger charge is 2.23. The normalized spacial score (nSPS) is 22.1. The highest BCUT2D eigenvalue weighted by atomic mass is 19.1. The van der Waals surface area contributed by atoms with Gasteiger partial charge >= 0.3 is 0 Å². The lowest BCUT2D eigenvalue weighted by molar-refractivity contribution is 0.293. The summed E-state index contributed by atoms with van der Waals surface area (Å²) in [6.07, 6.45) is 9.37. The van der Waals surface area contributed by atoms with E-state index in [-0.39, 0.29) is 11.4 Å². The van der Waals surface area contributed by atoms with Gasteiger partial charge in [0.15, 0.2) is 0 Å². The fraction of sp³-hybridized carbons (Fsp3) is 0.667. The molecule has 1 N–H and O–H groups in total. The summed E-state index contributed by atoms with van der Waals surface area (Å²) in [6.45, 7) is 5.02. The first kappa shape index (κ1) is 11.4. The standard InChI is InChI=1S/C12H20FN/c1-3-12(4-2)9-6-5-7-11(13)8-10-14-12/h5,7-8,14H,3-4,6,9-10H2,1-2H3. The van der Waals surface area contributed by atoms with E-state index in [1.54, 1.807) is 12.2 Å². The van der Waals surface area contributed by atoms with Crippen molar-refractivity contribution in [2.24, 2.45) is 0 Å². The molecule has 0 fully saturated rings. The Bertz CT molecular complexity index is 226. The third-order valence-corrected chi connectivity index (χ3v) is 3.19. The Morgan fingerprint density at radius 3 is 2.79 bits per heavy atom. The quantitative estimate of drug-likeness (QED) is 0.716. The van der Waals surface area contributed by atoms with Crippen molar-refractivity contribution in [2.45, 2.75) is 45.1 Å². The van der Waals surface area contributed by atoms with Gasteiger partial charge in [-0.15, -0.1) is 0 Å². The second-order valence-electron chi connectivity index (χ2n) is 3.90. The van der Waals surface area contributed by atoms with E-state index in [4.69, 9.17) is 0 Å². The highest BCUT2D eigenvalue weighted by molar-refractivity contribution is 5.13. The molecule has 0 aliphatic carbocycles. The molecule has 0 spiro atoms. The van der Waals surface area contributed by atoms with Gasteiger partial charge in [-0.05, 0) is 37.8 Å². The predicted molar refractivity (Wildman–Crippen MR) is 58.9 cm³/mol. The molecule has 80 valence electrons. The topological polar surface area (TPSA) is 12.0 Å². The fourth-order valence-electron chi connectivity index (χ4n) is 1.93. The van der Waals surface area contributed by atoms with Gasteiger partial charge in [0.1, 0.15) is 5.83 Å². The van der Waals surface area contributed by atoms with E-state index in [1.807, 2.05) is 6.08 Å². The second-order valence-corrected chi connectivity index (χ2v) is 3.90. The lowest BCUT2D eigenvalue weighted by Gasteiger charge is -2.32. The summed E-state index contributed by atoms with van der Waals surface area (Å²) in [7, 11) is 0. The van der Waals surface area contributed by atoms with Crippen LogP contribution >= 0.6 is 0 Å². The van der Waals surface area contributed by atoms with Crippen LogP contribution in [0.1, 0.15) is 39.5 Å². The average molecular weight is 197 g/mol. The number of nitrogens with one attached hydrogen (secondary N) is 1. The second kappa shape index (κ2) is 5.30. The van der Waals surface area contributed by atoms with Crippen molar-refractivity contribution in [2.75, 3.05) is 6.54 Å². The van der Waals surface area contributed by atoms with Crippen LogP contribution in [0.25, 0.3) is 0 Å². The van der Waals surface area contributed by atoms with Crippen LogP contribution in [0.2, 0.25) is 0 Å². The minimum absolute atomic E-state index is 0.125. The van der Waals surface area contributed by atoms with Gasteiger partial charge in [0.2, 0.25) is 0 Å². The third-order valence-electron chi connectivity index (χ3n) is 3.19. The first-order chi connectivity index (χ1) is 6.72. The lowest BCUT2D eigenvalue weighted by atomic mass is 9.87. The molecule has 0 atom stereocenters. The monoisotopic (exact) mass is 197 g/mol. The summed E-state index contributed by atoms with van der Waals surface area (Å²) >= 11 is 0. The van der Waals surface area contributed by atoms with E-state index in [0.717, 1.165) is 25.7 Å². The largest absolute Gasteiger partial charge is 0.308 e. The Kier molecular flexibility index (Phi) is 4.33. The maximum atomic E-state index is 13.0. The van der Waals surface area contributed by atoms with Crippen molar-refractivity contribution in [3.63, 3.8) is 0 Å². The number of hydrogen-bond acceptors (Lipinski definition) is 1. The van der Waals surface area contributed by atoms with E-state index in [0.29, 0.717) is 6.54 Å². The number of allylic oxidation sites excluding steroid dienone is 3. The van der Waals surface area contributed by atoms with E-state index >= 15 is 0 Å². The van der Waals surface area contributed by atoms with Crippen LogP contribution in [0.4, 0.5) is 4.39 Å². The maximum Gasteiger partial charge on any atom is 0.120 e. The van der Waals surface area contributed by atoms with Crippen molar-refractivity contribution in [3.8, 4) is 0 Å². The fourth-order valence-corrected chi connectivity index (χ4v) is 1.93. The van der Waals surface area contributed by atoms with Crippen molar-refractivity contribution in [1.82, 2.24) is 5.32 Å². The number of hydrogen-bond donors (Lipinski definition) is 1. The van der Waals surface area contributed by atoms with Crippen molar-refractivity contribution in [3.05, 3.63) is 24.1 Å². The Labute approximate surface area is 86.1 Å². The zero-order chi connectivity index (χ0) is 10.4. The molecule has 1 aliphatic rings. The summed E-state index contributed by atoms with van der Waals surface area (Å²) in [5, 5.41) is 3.45. The summed E-state index contributed by atoms with van der Waals surface area (Å²) < 4.78 is 13.0. The van der Waals surface area contributed by atoms with Crippen LogP contribution in [0.5, 0.6) is 0 Å². The molecule has 14 heavy (non-hydrogen) atoms. The van der Waals surface area contributed by atoms with Crippen LogP contribution in [-0.2, 0) is 0 Å². The summed E-state index contributed by atoms with van der Waals surface area (Å²) in [4.78, 5) is 0. The minimum Gasteiger partial charge on any atom is -0.308 e. The zero-order valence-corrected chi connectivity index (χ0v) is 9.15. The van der Waals surface area contributed by atoms with Crippen molar-refractivity contribution < 1.29 is 4.39 Å². The SMILES string of the molecule is CCC1(CC)CCC=CC(F)=CCN1. The smallest absolute Gasteiger partial charge is 0.120 e. The molecule has 0 radical (unpaired) electrons. The molecule has 1 heterocycles. The van der Waals surface area contributed by atoms with Gasteiger partial charge in [0.25, 0.3) is 0 Å². The molecular weight excluding hydrogens is 177 g/mol. The van der Waals surface area contributed by atoms with Crippen LogP contribution < -0.4 is 5.32 Å². The van der Waals surface area contributed by atoms with Crippen LogP contribution in [0.3, 0.4) is 0 Å². The minimum atomic E-state index is -0.125. The van der Waals surface area contributed by atoms with E-state index in [1.165, 1.54) is 0 Å². The molecular formula is C12H20FN. The van der Waals surface area contributed by atoms with Gasteiger partial charge in [-0.2, -0.15) is 0 Å². The maximum absolute atomic E-state index is 13.0. The summed E-state index contributed by atoms with van der Waals surface area (Å²) in [5.41, 5.74) is 0.200. The molecule has 0 aromatic carbocycles. The van der Waals surface area contributed by atoms with Gasteiger partial charge in [-0.25, -0.2) is 4.39 Å². The molecule has 0 amide bonds. The Balaban J connectivity index is 2.69. The molecule has 0 saturated carbocycles. The molecule has 0 unspecified atom stereocenters. The van der Waals surface area contributed by atoms with E-state index in [9.17, 15) is 4.39 Å². The first-order valence-electron chi connectivity index (χ1n) is 5.49. The highest BCUT2D eigenvalue weighted by Crippen LogP contribution is 2.22. The van der Waals surface area contributed by atoms with Gasteiger partial charge in [0.05, 0.1) is 0 Å². The van der Waals surface area contributed by atoms with Crippen molar-refractivity contribution >= 4 is 0 Å². The van der Waals surface area contributed by atoms with E-state index < -0.39 is 0 Å². The van der Waals surface area contributed by atoms with Gasteiger partial charge in [-0.1, -0.05) is 19.9 Å². The molecule has 0 aromatic heterocycles. The predicted octanol–water partition coefficient (Wildman–Crippen LogP) is 3.34. The first-order valence-corrected chi connectivity index (χ1v) is 5.49. The van der Waals surface area contributed by atoms with E-state index in [2.05, 4.69) is 19.2 Å². The Morgan fingerprint density at radius 1 is 1.43 bits per heavy atom. The third kappa shape index (κ3) is 2.95. The number of rotatable bonds is 2.